The van der Waals surface area contributed by atoms with Gasteiger partial charge in [-0.2, -0.15) is 0 Å². The molecule has 23 heavy (non-hydrogen) atoms. The van der Waals surface area contributed by atoms with Gasteiger partial charge in [0, 0.05) is 45.7 Å². The van der Waals surface area contributed by atoms with Crippen LogP contribution in [-0.4, -0.2) is 64.1 Å². The molecule has 0 N–H and O–H groups in total. The molecule has 6 nitrogen and oxygen atoms in total. The van der Waals surface area contributed by atoms with E-state index in [9.17, 15) is 4.79 Å². The van der Waals surface area contributed by atoms with Crippen molar-refractivity contribution in [1.82, 2.24) is 19.4 Å². The molecule has 0 aromatic carbocycles. The summed E-state index contributed by atoms with van der Waals surface area (Å²) in [5.41, 5.74) is 0. The first-order valence-corrected chi connectivity index (χ1v) is 8.79. The Morgan fingerprint density at radius 1 is 1.39 bits per heavy atom. The molecule has 1 aromatic rings. The second kappa shape index (κ2) is 7.45. The monoisotopic (exact) mass is 320 g/mol. The molecule has 2 fully saturated rings. The van der Waals surface area contributed by atoms with E-state index in [1.807, 2.05) is 24.3 Å². The maximum Gasteiger partial charge on any atom is 0.225 e. The zero-order valence-electron chi connectivity index (χ0n) is 14.3. The van der Waals surface area contributed by atoms with Gasteiger partial charge in [-0.3, -0.25) is 9.69 Å². The first kappa shape index (κ1) is 16.5. The summed E-state index contributed by atoms with van der Waals surface area (Å²) < 4.78 is 7.79. The number of likely N-dealkylation sites (N-methyl/N-ethyl adjacent to an activating group) is 1. The van der Waals surface area contributed by atoms with E-state index < -0.39 is 0 Å². The molecule has 0 radical (unpaired) electrons. The quantitative estimate of drug-likeness (QED) is 0.845. The molecule has 6 heteroatoms. The van der Waals surface area contributed by atoms with Crippen molar-refractivity contribution in [2.24, 2.45) is 7.05 Å². The molecule has 3 heterocycles. The van der Waals surface area contributed by atoms with Crippen LogP contribution in [0.15, 0.2) is 12.4 Å². The van der Waals surface area contributed by atoms with Crippen LogP contribution in [0, 0.1) is 0 Å². The van der Waals surface area contributed by atoms with Crippen molar-refractivity contribution < 1.29 is 9.53 Å². The lowest BCUT2D eigenvalue weighted by atomic mass is 10.0. The van der Waals surface area contributed by atoms with E-state index in [1.54, 1.807) is 0 Å². The van der Waals surface area contributed by atoms with Crippen molar-refractivity contribution in [2.45, 2.75) is 44.8 Å². The molecule has 128 valence electrons. The fourth-order valence-electron chi connectivity index (χ4n) is 3.66. The minimum atomic E-state index is 0.118. The number of ether oxygens (including phenoxy) is 1. The molecule has 3 rings (SSSR count). The molecule has 2 aliphatic rings. The lowest BCUT2D eigenvalue weighted by Crippen LogP contribution is -2.51. The highest BCUT2D eigenvalue weighted by atomic mass is 16.5. The van der Waals surface area contributed by atoms with E-state index in [0.717, 1.165) is 51.5 Å². The van der Waals surface area contributed by atoms with Crippen molar-refractivity contribution in [3.05, 3.63) is 18.2 Å². The summed E-state index contributed by atoms with van der Waals surface area (Å²) in [6.45, 7) is 6.39. The Morgan fingerprint density at radius 2 is 2.26 bits per heavy atom. The smallest absolute Gasteiger partial charge is 0.225 e. The van der Waals surface area contributed by atoms with Crippen LogP contribution in [0.25, 0.3) is 0 Å². The molecule has 2 aliphatic heterocycles. The van der Waals surface area contributed by atoms with Gasteiger partial charge in [-0.1, -0.05) is 6.92 Å². The summed E-state index contributed by atoms with van der Waals surface area (Å²) >= 11 is 0. The Morgan fingerprint density at radius 3 is 2.91 bits per heavy atom. The topological polar surface area (TPSA) is 50.6 Å². The Kier molecular flexibility index (Phi) is 5.33. The van der Waals surface area contributed by atoms with Gasteiger partial charge in [-0.05, 0) is 25.8 Å². The fraction of sp³-hybridized carbons (Fsp3) is 0.765. The zero-order valence-corrected chi connectivity index (χ0v) is 14.3. The fourth-order valence-corrected chi connectivity index (χ4v) is 3.66. The zero-order chi connectivity index (χ0) is 16.2. The number of hydrogen-bond acceptors (Lipinski definition) is 4. The second-order valence-corrected chi connectivity index (χ2v) is 6.57. The van der Waals surface area contributed by atoms with Gasteiger partial charge in [0.1, 0.15) is 5.82 Å². The summed E-state index contributed by atoms with van der Waals surface area (Å²) in [5, 5.41) is 0. The highest BCUT2D eigenvalue weighted by molar-refractivity contribution is 5.77. The van der Waals surface area contributed by atoms with Gasteiger partial charge in [-0.15, -0.1) is 0 Å². The van der Waals surface area contributed by atoms with E-state index in [0.29, 0.717) is 6.42 Å². The molecule has 2 saturated heterocycles. The van der Waals surface area contributed by atoms with Gasteiger partial charge in [0.2, 0.25) is 5.91 Å². The molecule has 1 amide bonds. The average Bonchev–Trinajstić information content (AvgIpc) is 3.01. The van der Waals surface area contributed by atoms with Crippen LogP contribution in [0.4, 0.5) is 0 Å². The van der Waals surface area contributed by atoms with E-state index in [1.165, 1.54) is 6.42 Å². The maximum atomic E-state index is 12.7. The van der Waals surface area contributed by atoms with Crippen LogP contribution in [0.2, 0.25) is 0 Å². The predicted octanol–water partition coefficient (Wildman–Crippen LogP) is 1.58. The van der Waals surface area contributed by atoms with Gasteiger partial charge >= 0.3 is 0 Å². The number of piperazine rings is 1. The first-order valence-electron chi connectivity index (χ1n) is 8.79. The molecular formula is C17H28N4O2. The lowest BCUT2D eigenvalue weighted by Gasteiger charge is -2.41. The summed E-state index contributed by atoms with van der Waals surface area (Å²) in [7, 11) is 2.02. The molecular weight excluding hydrogens is 292 g/mol. The lowest BCUT2D eigenvalue weighted by molar-refractivity contribution is -0.138. The molecule has 0 bridgehead atoms. The number of hydrogen-bond donors (Lipinski definition) is 0. The standard InChI is InChI=1S/C17H28N4O2/c1-3-20-9-10-21(13-15(20)17-18-7-8-19(17)2)16(22)12-14-6-4-5-11-23-14/h7-8,14-15H,3-6,9-13H2,1-2H3. The largest absolute Gasteiger partial charge is 0.378 e. The van der Waals surface area contributed by atoms with E-state index in [2.05, 4.69) is 21.4 Å². The molecule has 1 aromatic heterocycles. The van der Waals surface area contributed by atoms with Crippen molar-refractivity contribution in [3.8, 4) is 0 Å². The average molecular weight is 320 g/mol. The number of amides is 1. The van der Waals surface area contributed by atoms with Crippen LogP contribution in [0.5, 0.6) is 0 Å². The number of carbonyl (C=O) groups excluding carboxylic acids is 1. The number of aryl methyl sites for hydroxylation is 1. The summed E-state index contributed by atoms with van der Waals surface area (Å²) in [4.78, 5) is 21.6. The second-order valence-electron chi connectivity index (χ2n) is 6.57. The number of imidazole rings is 1. The highest BCUT2D eigenvalue weighted by Crippen LogP contribution is 2.25. The van der Waals surface area contributed by atoms with Crippen molar-refractivity contribution in [1.29, 1.82) is 0 Å². The SMILES string of the molecule is CCN1CCN(C(=O)CC2CCCCO2)CC1c1nccn1C. The van der Waals surface area contributed by atoms with E-state index in [4.69, 9.17) is 4.74 Å². The van der Waals surface area contributed by atoms with Gasteiger partial charge in [0.15, 0.2) is 0 Å². The Bertz CT molecular complexity index is 524. The minimum absolute atomic E-state index is 0.118. The van der Waals surface area contributed by atoms with Crippen molar-refractivity contribution in [3.63, 3.8) is 0 Å². The number of carbonyl (C=O) groups is 1. The predicted molar refractivity (Wildman–Crippen MR) is 88.0 cm³/mol. The maximum absolute atomic E-state index is 12.7. The summed E-state index contributed by atoms with van der Waals surface area (Å²) in [6, 6.07) is 0.185. The van der Waals surface area contributed by atoms with Crippen LogP contribution >= 0.6 is 0 Å². The van der Waals surface area contributed by atoms with E-state index >= 15 is 0 Å². The van der Waals surface area contributed by atoms with Crippen LogP contribution in [0.1, 0.15) is 44.5 Å². The van der Waals surface area contributed by atoms with Crippen LogP contribution in [-0.2, 0) is 16.6 Å². The number of aromatic nitrogens is 2. The number of rotatable bonds is 4. The molecule has 0 spiro atoms. The number of nitrogens with zero attached hydrogens (tertiary/aromatic N) is 4. The third-order valence-corrected chi connectivity index (χ3v) is 5.08. The van der Waals surface area contributed by atoms with Gasteiger partial charge in [0.05, 0.1) is 18.6 Å². The van der Waals surface area contributed by atoms with Gasteiger partial charge in [-0.25, -0.2) is 4.98 Å². The third kappa shape index (κ3) is 3.75. The molecule has 2 unspecified atom stereocenters. The molecule has 0 aliphatic carbocycles. The normalized spacial score (nSPS) is 26.4. The van der Waals surface area contributed by atoms with Crippen LogP contribution in [0.3, 0.4) is 0 Å². The third-order valence-electron chi connectivity index (χ3n) is 5.08. The van der Waals surface area contributed by atoms with Crippen LogP contribution < -0.4 is 0 Å². The highest BCUT2D eigenvalue weighted by Gasteiger charge is 2.32. The molecule has 0 saturated carbocycles. The van der Waals surface area contributed by atoms with E-state index in [-0.39, 0.29) is 18.1 Å². The Balaban J connectivity index is 1.64. The van der Waals surface area contributed by atoms with Gasteiger partial charge in [0.25, 0.3) is 0 Å². The first-order chi connectivity index (χ1) is 11.2. The van der Waals surface area contributed by atoms with Crippen molar-refractivity contribution in [2.75, 3.05) is 32.8 Å². The van der Waals surface area contributed by atoms with Crippen molar-refractivity contribution >= 4 is 5.91 Å². The minimum Gasteiger partial charge on any atom is -0.378 e. The van der Waals surface area contributed by atoms with Gasteiger partial charge < -0.3 is 14.2 Å². The Hall–Kier alpha value is -1.40. The summed E-state index contributed by atoms with van der Waals surface area (Å²) in [5.74, 6) is 1.27. The Labute approximate surface area is 138 Å². The molecule has 2 atom stereocenters. The summed E-state index contributed by atoms with van der Waals surface area (Å²) in [6.07, 6.45) is 7.77.